The van der Waals surface area contributed by atoms with Crippen molar-refractivity contribution >= 4 is 11.8 Å². The Morgan fingerprint density at radius 2 is 1.81 bits per heavy atom. The maximum absolute atomic E-state index is 13.2. The summed E-state index contributed by atoms with van der Waals surface area (Å²) in [7, 11) is 3.50. The average molecular weight is 309 g/mol. The molecule has 2 aromatic carbocycles. The molecule has 0 bridgehead atoms. The summed E-state index contributed by atoms with van der Waals surface area (Å²) < 4.78 is 31.2. The van der Waals surface area contributed by atoms with E-state index in [9.17, 15) is 8.78 Å². The minimum atomic E-state index is -0.820. The highest BCUT2D eigenvalue weighted by Crippen LogP contribution is 2.26. The van der Waals surface area contributed by atoms with Crippen molar-refractivity contribution in [2.24, 2.45) is 0 Å². The topological polar surface area (TPSA) is 21.3 Å². The molecule has 0 aliphatic carbocycles. The Morgan fingerprint density at radius 1 is 1.10 bits per heavy atom. The average Bonchev–Trinajstić information content (AvgIpc) is 2.52. The van der Waals surface area contributed by atoms with Gasteiger partial charge in [-0.15, -0.1) is 11.8 Å². The second-order valence-corrected chi connectivity index (χ2v) is 5.59. The lowest BCUT2D eigenvalue weighted by molar-refractivity contribution is 0.414. The number of thioether (sulfide) groups is 1. The van der Waals surface area contributed by atoms with Crippen molar-refractivity contribution in [3.8, 4) is 5.75 Å². The van der Waals surface area contributed by atoms with Crippen molar-refractivity contribution in [3.05, 3.63) is 59.7 Å². The molecule has 5 heteroatoms. The van der Waals surface area contributed by atoms with Gasteiger partial charge in [-0.25, -0.2) is 8.78 Å². The molecule has 1 N–H and O–H groups in total. The molecule has 0 heterocycles. The molecule has 112 valence electrons. The zero-order chi connectivity index (χ0) is 15.2. The van der Waals surface area contributed by atoms with Crippen molar-refractivity contribution in [1.82, 2.24) is 5.32 Å². The van der Waals surface area contributed by atoms with E-state index >= 15 is 0 Å². The molecule has 0 aromatic heterocycles. The summed E-state index contributed by atoms with van der Waals surface area (Å²) in [5.41, 5.74) is 1.12. The third kappa shape index (κ3) is 4.19. The molecule has 1 unspecified atom stereocenters. The predicted octanol–water partition coefficient (Wildman–Crippen LogP) is 4.03. The first kappa shape index (κ1) is 15.8. The SMILES string of the molecule is CNC(CSc1ccc(F)c(F)c1)c1ccc(OC)cc1. The van der Waals surface area contributed by atoms with Gasteiger partial charge in [0.25, 0.3) is 0 Å². The summed E-state index contributed by atoms with van der Waals surface area (Å²) in [6.07, 6.45) is 0. The number of ether oxygens (including phenoxy) is 1. The number of halogens is 2. The Hall–Kier alpha value is -1.59. The van der Waals surface area contributed by atoms with Gasteiger partial charge in [-0.05, 0) is 42.9 Å². The number of benzene rings is 2. The lowest BCUT2D eigenvalue weighted by Gasteiger charge is -2.16. The quantitative estimate of drug-likeness (QED) is 0.814. The Morgan fingerprint density at radius 3 is 2.38 bits per heavy atom. The molecule has 0 radical (unpaired) electrons. The molecular weight excluding hydrogens is 292 g/mol. The third-order valence-electron chi connectivity index (χ3n) is 3.17. The van der Waals surface area contributed by atoms with Crippen LogP contribution in [0.4, 0.5) is 8.78 Å². The highest BCUT2D eigenvalue weighted by Gasteiger charge is 2.11. The van der Waals surface area contributed by atoms with Crippen molar-refractivity contribution in [1.29, 1.82) is 0 Å². The first-order chi connectivity index (χ1) is 10.1. The second-order valence-electron chi connectivity index (χ2n) is 4.50. The Balaban J connectivity index is 2.02. The van der Waals surface area contributed by atoms with E-state index in [-0.39, 0.29) is 6.04 Å². The van der Waals surface area contributed by atoms with Gasteiger partial charge in [0.1, 0.15) is 5.75 Å². The maximum atomic E-state index is 13.2. The Labute approximate surface area is 127 Å². The van der Waals surface area contributed by atoms with Gasteiger partial charge in [-0.1, -0.05) is 12.1 Å². The van der Waals surface area contributed by atoms with E-state index in [0.717, 1.165) is 17.4 Å². The van der Waals surface area contributed by atoms with Crippen LogP contribution in [-0.4, -0.2) is 19.9 Å². The highest BCUT2D eigenvalue weighted by molar-refractivity contribution is 7.99. The standard InChI is InChI=1S/C16H17F2NOS/c1-19-16(11-3-5-12(20-2)6-4-11)10-21-13-7-8-14(17)15(18)9-13/h3-9,16,19H,10H2,1-2H3. The fourth-order valence-corrected chi connectivity index (χ4v) is 3.00. The van der Waals surface area contributed by atoms with Gasteiger partial charge >= 0.3 is 0 Å². The van der Waals surface area contributed by atoms with Crippen LogP contribution in [0.1, 0.15) is 11.6 Å². The fourth-order valence-electron chi connectivity index (χ4n) is 1.93. The molecular formula is C16H17F2NOS. The Kier molecular flexibility index (Phi) is 5.59. The van der Waals surface area contributed by atoms with Crippen molar-refractivity contribution < 1.29 is 13.5 Å². The van der Waals surface area contributed by atoms with Crippen molar-refractivity contribution in [2.75, 3.05) is 19.9 Å². The monoisotopic (exact) mass is 309 g/mol. The van der Waals surface area contributed by atoms with Crippen LogP contribution < -0.4 is 10.1 Å². The van der Waals surface area contributed by atoms with Crippen LogP contribution in [0.5, 0.6) is 5.75 Å². The summed E-state index contributed by atoms with van der Waals surface area (Å²) in [6.45, 7) is 0. The van der Waals surface area contributed by atoms with Crippen molar-refractivity contribution in [2.45, 2.75) is 10.9 Å². The molecule has 0 aliphatic rings. The summed E-state index contributed by atoms with van der Waals surface area (Å²) in [5, 5.41) is 3.22. The van der Waals surface area contributed by atoms with E-state index in [4.69, 9.17) is 4.74 Å². The largest absolute Gasteiger partial charge is 0.497 e. The molecule has 0 fully saturated rings. The third-order valence-corrected chi connectivity index (χ3v) is 4.26. The second kappa shape index (κ2) is 7.43. The lowest BCUT2D eigenvalue weighted by atomic mass is 10.1. The van der Waals surface area contributed by atoms with Gasteiger partial charge in [0.2, 0.25) is 0 Å². The number of rotatable bonds is 6. The van der Waals surface area contributed by atoms with Gasteiger partial charge in [-0.3, -0.25) is 0 Å². The zero-order valence-corrected chi connectivity index (χ0v) is 12.7. The highest BCUT2D eigenvalue weighted by atomic mass is 32.2. The van der Waals surface area contributed by atoms with E-state index < -0.39 is 11.6 Å². The lowest BCUT2D eigenvalue weighted by Crippen LogP contribution is -2.18. The normalized spacial score (nSPS) is 12.2. The maximum Gasteiger partial charge on any atom is 0.159 e. The van der Waals surface area contributed by atoms with Crippen LogP contribution in [0.2, 0.25) is 0 Å². The van der Waals surface area contributed by atoms with Gasteiger partial charge < -0.3 is 10.1 Å². The molecule has 0 amide bonds. The van der Waals surface area contributed by atoms with E-state index in [1.165, 1.54) is 17.8 Å². The molecule has 0 spiro atoms. The van der Waals surface area contributed by atoms with Crippen LogP contribution in [0.15, 0.2) is 47.4 Å². The molecule has 0 aliphatic heterocycles. The van der Waals surface area contributed by atoms with Crippen LogP contribution >= 0.6 is 11.8 Å². The van der Waals surface area contributed by atoms with E-state index in [2.05, 4.69) is 5.32 Å². The number of nitrogens with one attached hydrogen (secondary N) is 1. The molecule has 0 saturated heterocycles. The van der Waals surface area contributed by atoms with E-state index in [1.54, 1.807) is 13.2 Å². The minimum absolute atomic E-state index is 0.119. The molecule has 2 nitrogen and oxygen atoms in total. The van der Waals surface area contributed by atoms with Gasteiger partial charge in [0.05, 0.1) is 7.11 Å². The minimum Gasteiger partial charge on any atom is -0.497 e. The number of hydrogen-bond donors (Lipinski definition) is 1. The predicted molar refractivity (Wildman–Crippen MR) is 81.9 cm³/mol. The number of methoxy groups -OCH3 is 1. The first-order valence-corrected chi connectivity index (χ1v) is 7.51. The molecule has 2 aromatic rings. The summed E-state index contributed by atoms with van der Waals surface area (Å²) in [6, 6.07) is 11.9. The van der Waals surface area contributed by atoms with Crippen LogP contribution in [0, 0.1) is 11.6 Å². The summed E-state index contributed by atoms with van der Waals surface area (Å²) in [4.78, 5) is 0.711. The first-order valence-electron chi connectivity index (χ1n) is 6.53. The van der Waals surface area contributed by atoms with Gasteiger partial charge in [0.15, 0.2) is 11.6 Å². The van der Waals surface area contributed by atoms with Crippen LogP contribution in [0.25, 0.3) is 0 Å². The molecule has 0 saturated carbocycles. The van der Waals surface area contributed by atoms with E-state index in [0.29, 0.717) is 10.6 Å². The van der Waals surface area contributed by atoms with Gasteiger partial charge in [0, 0.05) is 16.7 Å². The van der Waals surface area contributed by atoms with Gasteiger partial charge in [-0.2, -0.15) is 0 Å². The van der Waals surface area contributed by atoms with Crippen molar-refractivity contribution in [3.63, 3.8) is 0 Å². The molecule has 21 heavy (non-hydrogen) atoms. The zero-order valence-electron chi connectivity index (χ0n) is 11.9. The smallest absolute Gasteiger partial charge is 0.159 e. The summed E-state index contributed by atoms with van der Waals surface area (Å²) >= 11 is 1.48. The molecule has 2 rings (SSSR count). The Bertz CT molecular complexity index is 589. The van der Waals surface area contributed by atoms with Crippen LogP contribution in [0.3, 0.4) is 0 Å². The fraction of sp³-hybridized carbons (Fsp3) is 0.250. The van der Waals surface area contributed by atoms with Crippen LogP contribution in [-0.2, 0) is 0 Å². The summed E-state index contributed by atoms with van der Waals surface area (Å²) in [5.74, 6) is -0.111. The number of hydrogen-bond acceptors (Lipinski definition) is 3. The van der Waals surface area contributed by atoms with E-state index in [1.807, 2.05) is 31.3 Å². The molecule has 1 atom stereocenters.